The van der Waals surface area contributed by atoms with Crippen LogP contribution >= 0.6 is 0 Å². The molecule has 0 fully saturated rings. The highest BCUT2D eigenvalue weighted by Gasteiger charge is 2.16. The molecule has 0 spiro atoms. The first-order valence-electron chi connectivity index (χ1n) is 20.5. The van der Waals surface area contributed by atoms with Gasteiger partial charge in [0.2, 0.25) is 0 Å². The Balaban J connectivity index is 1.43. The van der Waals surface area contributed by atoms with Crippen molar-refractivity contribution in [3.05, 3.63) is 133 Å². The Bertz CT molecular complexity index is 2970. The van der Waals surface area contributed by atoms with Crippen LogP contribution < -0.4 is 0 Å². The fraction of sp³-hybridized carbons (Fsp3) is 0.0270. The maximum absolute atomic E-state index is 8.91. The molecule has 0 radical (unpaired) electrons. The Morgan fingerprint density at radius 2 is 0.725 bits per heavy atom. The summed E-state index contributed by atoms with van der Waals surface area (Å²) in [6.45, 7) is 0. The first-order valence-corrected chi connectivity index (χ1v) is 12.5. The highest BCUT2D eigenvalue weighted by Crippen LogP contribution is 2.37. The second-order valence-corrected chi connectivity index (χ2v) is 9.53. The van der Waals surface area contributed by atoms with Crippen molar-refractivity contribution in [1.29, 1.82) is 0 Å². The van der Waals surface area contributed by atoms with E-state index in [1.165, 1.54) is 9.13 Å². The van der Waals surface area contributed by atoms with Crippen molar-refractivity contribution in [2.24, 2.45) is 7.05 Å². The number of aryl methyl sites for hydroxylation is 1. The van der Waals surface area contributed by atoms with Crippen LogP contribution in [0.15, 0.2) is 133 Å². The number of hydrogen-bond donors (Lipinski definition) is 0. The van der Waals surface area contributed by atoms with Crippen LogP contribution in [0.5, 0.6) is 0 Å². The van der Waals surface area contributed by atoms with E-state index in [1.54, 1.807) is 36.4 Å². The number of hydrogen-bond acceptors (Lipinski definition) is 0. The van der Waals surface area contributed by atoms with E-state index in [0.717, 1.165) is 0 Å². The molecule has 0 aliphatic rings. The van der Waals surface area contributed by atoms with E-state index < -0.39 is 96.7 Å². The van der Waals surface area contributed by atoms with E-state index >= 15 is 0 Å². The second kappa shape index (κ2) is 7.87. The smallest absolute Gasteiger partial charge is 0.0645 e. The van der Waals surface area contributed by atoms with Crippen molar-refractivity contribution < 1.29 is 21.9 Å². The van der Waals surface area contributed by atoms with Crippen molar-refractivity contribution >= 4 is 65.4 Å². The summed E-state index contributed by atoms with van der Waals surface area (Å²) in [6.07, 6.45) is 0. The summed E-state index contributed by atoms with van der Waals surface area (Å²) in [4.78, 5) is 0. The molecule has 0 unspecified atom stereocenters. The summed E-state index contributed by atoms with van der Waals surface area (Å²) in [6, 6.07) is 2.45. The minimum absolute atomic E-state index is 0.0353. The zero-order chi connectivity index (χ0) is 40.3. The van der Waals surface area contributed by atoms with Crippen LogP contribution in [0.2, 0.25) is 0 Å². The van der Waals surface area contributed by atoms with Gasteiger partial charge in [-0.3, -0.25) is 0 Å². The lowest BCUT2D eigenvalue weighted by atomic mass is 10.1. The molecule has 0 saturated heterocycles. The third kappa shape index (κ3) is 2.79. The van der Waals surface area contributed by atoms with Gasteiger partial charge in [-0.05, 0) is 60.6 Å². The maximum atomic E-state index is 8.91. The standard InChI is InChI=1S/C37H25N3/c1-38-32-20-18-24(39-34-14-6-2-10-26(34)27-11-3-7-15-35(27)39)22-30(32)31-23-25(19-21-33(31)38)40-36-16-8-4-12-28(36)29-13-5-9-17-37(29)40/h2-23H,1H3/i2D,3D,4D,5D,6D,7D,8D,9D,10D,11D,12D,13D,14D,15D,16D,17D. The Morgan fingerprint density at radius 3 is 1.07 bits per heavy atom. The molecule has 188 valence electrons. The van der Waals surface area contributed by atoms with E-state index in [1.807, 2.05) is 11.6 Å². The lowest BCUT2D eigenvalue weighted by Gasteiger charge is -2.09. The van der Waals surface area contributed by atoms with Gasteiger partial charge in [-0.2, -0.15) is 0 Å². The summed E-state index contributed by atoms with van der Waals surface area (Å²) in [5.41, 5.74) is 1.92. The number of aromatic nitrogens is 3. The molecule has 6 aromatic carbocycles. The van der Waals surface area contributed by atoms with Crippen LogP contribution in [-0.2, 0) is 7.05 Å². The second-order valence-electron chi connectivity index (χ2n) is 9.53. The fourth-order valence-electron chi connectivity index (χ4n) is 5.83. The van der Waals surface area contributed by atoms with Gasteiger partial charge in [-0.15, -0.1) is 0 Å². The molecule has 0 N–H and O–H groups in total. The van der Waals surface area contributed by atoms with Crippen molar-refractivity contribution in [2.75, 3.05) is 0 Å². The minimum atomic E-state index is -0.550. The van der Waals surface area contributed by atoms with Crippen molar-refractivity contribution in [3.63, 3.8) is 0 Å². The summed E-state index contributed by atoms with van der Waals surface area (Å²) in [5.74, 6) is 0. The molecule has 9 aromatic rings. The lowest BCUT2D eigenvalue weighted by Crippen LogP contribution is -1.94. The molecule has 0 amide bonds. The van der Waals surface area contributed by atoms with Gasteiger partial charge in [0.05, 0.1) is 44.0 Å². The van der Waals surface area contributed by atoms with Gasteiger partial charge < -0.3 is 13.7 Å². The van der Waals surface area contributed by atoms with Crippen LogP contribution in [0.25, 0.3) is 76.8 Å². The minimum Gasteiger partial charge on any atom is -0.344 e. The normalized spacial score (nSPS) is 17.7. The van der Waals surface area contributed by atoms with E-state index in [2.05, 4.69) is 0 Å². The Labute approximate surface area is 253 Å². The largest absolute Gasteiger partial charge is 0.344 e. The fourth-order valence-corrected chi connectivity index (χ4v) is 5.83. The molecule has 9 rings (SSSR count). The van der Waals surface area contributed by atoms with Gasteiger partial charge in [0.1, 0.15) is 0 Å². The Morgan fingerprint density at radius 1 is 0.400 bits per heavy atom. The molecule has 3 heterocycles. The number of para-hydroxylation sites is 4. The van der Waals surface area contributed by atoms with Crippen molar-refractivity contribution in [2.45, 2.75) is 0 Å². The zero-order valence-electron chi connectivity index (χ0n) is 36.8. The molecule has 0 aliphatic carbocycles. The zero-order valence-corrected chi connectivity index (χ0v) is 20.8. The highest BCUT2D eigenvalue weighted by atomic mass is 15.0. The topological polar surface area (TPSA) is 14.8 Å². The monoisotopic (exact) mass is 527 g/mol. The van der Waals surface area contributed by atoms with E-state index in [9.17, 15) is 0 Å². The molecule has 3 aromatic heterocycles. The lowest BCUT2D eigenvalue weighted by molar-refractivity contribution is 1.01. The molecule has 0 aliphatic heterocycles. The van der Waals surface area contributed by atoms with Crippen LogP contribution in [-0.4, -0.2) is 13.7 Å². The predicted molar refractivity (Wildman–Crippen MR) is 169 cm³/mol. The molecular weight excluding hydrogens is 486 g/mol. The van der Waals surface area contributed by atoms with E-state index in [0.29, 0.717) is 33.2 Å². The molecule has 3 heteroatoms. The third-order valence-corrected chi connectivity index (χ3v) is 7.55. The van der Waals surface area contributed by atoms with Crippen LogP contribution in [0, 0.1) is 0 Å². The van der Waals surface area contributed by atoms with Crippen LogP contribution in [0.1, 0.15) is 21.9 Å². The summed E-state index contributed by atoms with van der Waals surface area (Å²) in [5, 5.41) is 0.973. The molecule has 0 bridgehead atoms. The Kier molecular flexibility index (Phi) is 2.25. The van der Waals surface area contributed by atoms with E-state index in [4.69, 9.17) is 21.9 Å². The van der Waals surface area contributed by atoms with E-state index in [-0.39, 0.29) is 43.6 Å². The molecule has 0 atom stereocenters. The van der Waals surface area contributed by atoms with Crippen LogP contribution in [0.3, 0.4) is 0 Å². The molecule has 40 heavy (non-hydrogen) atoms. The average Bonchev–Trinajstić information content (AvgIpc) is 3.83. The first kappa shape index (κ1) is 11.4. The van der Waals surface area contributed by atoms with Gasteiger partial charge in [0.15, 0.2) is 0 Å². The molecule has 3 nitrogen and oxygen atoms in total. The van der Waals surface area contributed by atoms with Gasteiger partial charge in [-0.25, -0.2) is 0 Å². The number of rotatable bonds is 2. The van der Waals surface area contributed by atoms with Crippen molar-refractivity contribution in [1.82, 2.24) is 13.7 Å². The van der Waals surface area contributed by atoms with Gasteiger partial charge in [0, 0.05) is 61.8 Å². The number of benzene rings is 6. The number of fused-ring (bicyclic) bond motifs is 9. The summed E-state index contributed by atoms with van der Waals surface area (Å²) < 4.78 is 143. The number of nitrogens with zero attached hydrogens (tertiary/aromatic N) is 3. The average molecular weight is 528 g/mol. The first-order chi connectivity index (χ1) is 26.4. The van der Waals surface area contributed by atoms with Crippen LogP contribution in [0.4, 0.5) is 0 Å². The molecular formula is C37H25N3. The summed E-state index contributed by atoms with van der Waals surface area (Å²) in [7, 11) is 1.82. The third-order valence-electron chi connectivity index (χ3n) is 7.55. The maximum Gasteiger partial charge on any atom is 0.0645 e. The van der Waals surface area contributed by atoms with Gasteiger partial charge in [-0.1, -0.05) is 72.5 Å². The molecule has 0 saturated carbocycles. The van der Waals surface area contributed by atoms with Gasteiger partial charge in [0.25, 0.3) is 0 Å². The predicted octanol–water partition coefficient (Wildman–Crippen LogP) is 9.53. The van der Waals surface area contributed by atoms with Gasteiger partial charge >= 0.3 is 0 Å². The SMILES string of the molecule is [2H]c1c([2H])c([2H])c2c(c1[2H])c1c([2H])c([2H])c([2H])c([2H])c1n2-c1ccc2c(c1)c1cc(-n3c4c([2H])c([2H])c([2H])c([2H])c4c4c([2H])c([2H])c([2H])c([2H])c43)ccc1n2C. The Hall–Kier alpha value is -5.28. The highest BCUT2D eigenvalue weighted by molar-refractivity contribution is 6.13. The quantitative estimate of drug-likeness (QED) is 0.213. The van der Waals surface area contributed by atoms with Crippen molar-refractivity contribution in [3.8, 4) is 11.4 Å². The summed E-state index contributed by atoms with van der Waals surface area (Å²) >= 11 is 0.